The van der Waals surface area contributed by atoms with Gasteiger partial charge in [-0.2, -0.15) is 0 Å². The minimum Gasteiger partial charge on any atom is -0.489 e. The summed E-state index contributed by atoms with van der Waals surface area (Å²) in [5.74, 6) is 0.684. The van der Waals surface area contributed by atoms with Crippen LogP contribution in [0.25, 0.3) is 0 Å². The SMILES string of the molecule is C=CCOc1ccccc1CNCCS(N)(=O)=O. The Kier molecular flexibility index (Phi) is 5.84. The molecule has 0 aliphatic rings. The molecule has 18 heavy (non-hydrogen) atoms. The van der Waals surface area contributed by atoms with Crippen molar-refractivity contribution >= 4 is 10.0 Å². The topological polar surface area (TPSA) is 81.4 Å². The largest absolute Gasteiger partial charge is 0.489 e. The Balaban J connectivity index is 2.48. The Morgan fingerprint density at radius 1 is 1.39 bits per heavy atom. The average molecular weight is 270 g/mol. The molecular formula is C12H18N2O3S. The van der Waals surface area contributed by atoms with Crippen LogP contribution in [0.4, 0.5) is 0 Å². The molecule has 0 radical (unpaired) electrons. The van der Waals surface area contributed by atoms with Crippen molar-refractivity contribution in [3.05, 3.63) is 42.5 Å². The number of rotatable bonds is 8. The third-order valence-electron chi connectivity index (χ3n) is 2.21. The molecule has 1 rings (SSSR count). The third-order valence-corrected chi connectivity index (χ3v) is 2.98. The zero-order chi connectivity index (χ0) is 13.4. The number of benzene rings is 1. The van der Waals surface area contributed by atoms with Gasteiger partial charge in [-0.25, -0.2) is 13.6 Å². The van der Waals surface area contributed by atoms with E-state index in [2.05, 4.69) is 11.9 Å². The molecule has 0 aromatic heterocycles. The van der Waals surface area contributed by atoms with Crippen molar-refractivity contribution in [2.45, 2.75) is 6.54 Å². The zero-order valence-electron chi connectivity index (χ0n) is 10.1. The predicted octanol–water partition coefficient (Wildman–Crippen LogP) is 0.630. The Morgan fingerprint density at radius 3 is 2.78 bits per heavy atom. The van der Waals surface area contributed by atoms with E-state index in [0.29, 0.717) is 19.7 Å². The summed E-state index contributed by atoms with van der Waals surface area (Å²) in [6.07, 6.45) is 1.67. The summed E-state index contributed by atoms with van der Waals surface area (Å²) in [5, 5.41) is 7.92. The van der Waals surface area contributed by atoms with Crippen LogP contribution < -0.4 is 15.2 Å². The van der Waals surface area contributed by atoms with Crippen LogP contribution in [0.2, 0.25) is 0 Å². The highest BCUT2D eigenvalue weighted by Gasteiger charge is 2.04. The van der Waals surface area contributed by atoms with E-state index in [4.69, 9.17) is 9.88 Å². The number of para-hydroxylation sites is 1. The molecule has 0 fully saturated rings. The molecule has 0 amide bonds. The van der Waals surface area contributed by atoms with Crippen LogP contribution in [-0.4, -0.2) is 27.3 Å². The van der Waals surface area contributed by atoms with Gasteiger partial charge in [0.05, 0.1) is 5.75 Å². The molecule has 5 nitrogen and oxygen atoms in total. The number of hydrogen-bond acceptors (Lipinski definition) is 4. The maximum absolute atomic E-state index is 10.8. The fourth-order valence-electron chi connectivity index (χ4n) is 1.38. The first kappa shape index (κ1) is 14.7. The quantitative estimate of drug-likeness (QED) is 0.536. The van der Waals surface area contributed by atoms with E-state index in [1.165, 1.54) is 0 Å². The lowest BCUT2D eigenvalue weighted by atomic mass is 10.2. The van der Waals surface area contributed by atoms with Crippen molar-refractivity contribution < 1.29 is 13.2 Å². The first-order chi connectivity index (χ1) is 8.53. The highest BCUT2D eigenvalue weighted by atomic mass is 32.2. The number of hydrogen-bond donors (Lipinski definition) is 2. The Labute approximate surface area is 108 Å². The van der Waals surface area contributed by atoms with Crippen LogP contribution in [-0.2, 0) is 16.6 Å². The summed E-state index contributed by atoms with van der Waals surface area (Å²) in [6, 6.07) is 7.56. The van der Waals surface area contributed by atoms with Crippen LogP contribution in [0.15, 0.2) is 36.9 Å². The van der Waals surface area contributed by atoms with E-state index in [1.54, 1.807) is 6.08 Å². The summed E-state index contributed by atoms with van der Waals surface area (Å²) in [6.45, 7) is 4.87. The van der Waals surface area contributed by atoms with Crippen molar-refractivity contribution in [1.82, 2.24) is 5.32 Å². The van der Waals surface area contributed by atoms with E-state index in [0.717, 1.165) is 11.3 Å². The second-order valence-electron chi connectivity index (χ2n) is 3.75. The second kappa shape index (κ2) is 7.15. The normalized spacial score (nSPS) is 11.2. The summed E-state index contributed by atoms with van der Waals surface area (Å²) in [4.78, 5) is 0. The molecule has 1 aromatic carbocycles. The van der Waals surface area contributed by atoms with Crippen LogP contribution >= 0.6 is 0 Å². The molecule has 0 aliphatic heterocycles. The van der Waals surface area contributed by atoms with E-state index >= 15 is 0 Å². The molecule has 1 aromatic rings. The maximum atomic E-state index is 10.8. The van der Waals surface area contributed by atoms with Crippen LogP contribution in [0.3, 0.4) is 0 Å². The zero-order valence-corrected chi connectivity index (χ0v) is 10.9. The third kappa shape index (κ3) is 5.81. The van der Waals surface area contributed by atoms with Crippen molar-refractivity contribution in [2.75, 3.05) is 18.9 Å². The highest BCUT2D eigenvalue weighted by molar-refractivity contribution is 7.89. The van der Waals surface area contributed by atoms with Crippen molar-refractivity contribution in [3.63, 3.8) is 0 Å². The average Bonchev–Trinajstić information content (AvgIpc) is 2.32. The maximum Gasteiger partial charge on any atom is 0.210 e. The molecule has 0 saturated heterocycles. The van der Waals surface area contributed by atoms with Gasteiger partial charge in [-0.1, -0.05) is 30.9 Å². The molecule has 0 unspecified atom stereocenters. The molecule has 0 saturated carbocycles. The van der Waals surface area contributed by atoms with Crippen molar-refractivity contribution in [2.24, 2.45) is 5.14 Å². The number of ether oxygens (including phenoxy) is 1. The Hall–Kier alpha value is -1.37. The van der Waals surface area contributed by atoms with Crippen molar-refractivity contribution in [1.29, 1.82) is 0 Å². The molecule has 0 heterocycles. The second-order valence-corrected chi connectivity index (χ2v) is 5.49. The molecule has 100 valence electrons. The van der Waals surface area contributed by atoms with E-state index in [9.17, 15) is 8.42 Å². The van der Waals surface area contributed by atoms with Gasteiger partial charge >= 0.3 is 0 Å². The molecule has 3 N–H and O–H groups in total. The van der Waals surface area contributed by atoms with Crippen LogP contribution in [0, 0.1) is 0 Å². The number of sulfonamides is 1. The van der Waals surface area contributed by atoms with Crippen LogP contribution in [0.1, 0.15) is 5.56 Å². The minimum atomic E-state index is -3.41. The van der Waals surface area contributed by atoms with Gasteiger partial charge in [0.15, 0.2) is 0 Å². The van der Waals surface area contributed by atoms with Gasteiger partial charge in [-0.15, -0.1) is 0 Å². The summed E-state index contributed by atoms with van der Waals surface area (Å²) >= 11 is 0. The monoisotopic (exact) mass is 270 g/mol. The van der Waals surface area contributed by atoms with Gasteiger partial charge in [-0.3, -0.25) is 0 Å². The van der Waals surface area contributed by atoms with Gasteiger partial charge in [0.1, 0.15) is 12.4 Å². The minimum absolute atomic E-state index is 0.0807. The smallest absolute Gasteiger partial charge is 0.210 e. The summed E-state index contributed by atoms with van der Waals surface area (Å²) in [5.41, 5.74) is 0.966. The van der Waals surface area contributed by atoms with E-state index < -0.39 is 10.0 Å². The fraction of sp³-hybridized carbons (Fsp3) is 0.333. The number of primary sulfonamides is 1. The predicted molar refractivity (Wildman–Crippen MR) is 71.8 cm³/mol. The number of nitrogens with two attached hydrogens (primary N) is 1. The van der Waals surface area contributed by atoms with Gasteiger partial charge < -0.3 is 10.1 Å². The first-order valence-corrected chi connectivity index (χ1v) is 7.27. The lowest BCUT2D eigenvalue weighted by molar-refractivity contribution is 0.358. The lowest BCUT2D eigenvalue weighted by Crippen LogP contribution is -2.26. The van der Waals surface area contributed by atoms with Crippen LogP contribution in [0.5, 0.6) is 5.75 Å². The highest BCUT2D eigenvalue weighted by Crippen LogP contribution is 2.17. The molecule has 0 aliphatic carbocycles. The van der Waals surface area contributed by atoms with E-state index in [-0.39, 0.29) is 5.75 Å². The molecule has 6 heteroatoms. The lowest BCUT2D eigenvalue weighted by Gasteiger charge is -2.10. The first-order valence-electron chi connectivity index (χ1n) is 5.56. The Morgan fingerprint density at radius 2 is 2.11 bits per heavy atom. The van der Waals surface area contributed by atoms with Gasteiger partial charge in [0.2, 0.25) is 10.0 Å². The van der Waals surface area contributed by atoms with Gasteiger partial charge in [0.25, 0.3) is 0 Å². The van der Waals surface area contributed by atoms with Gasteiger partial charge in [0, 0.05) is 18.7 Å². The molecule has 0 spiro atoms. The molecule has 0 bridgehead atoms. The standard InChI is InChI=1S/C12H18N2O3S/c1-2-8-17-12-6-4-3-5-11(12)10-14-7-9-18(13,15)16/h2-6,14H,1,7-10H2,(H2,13,15,16). The molecule has 0 atom stereocenters. The van der Waals surface area contributed by atoms with Crippen molar-refractivity contribution in [3.8, 4) is 5.75 Å². The van der Waals surface area contributed by atoms with E-state index in [1.807, 2.05) is 24.3 Å². The molecular weight excluding hydrogens is 252 g/mol. The Bertz CT molecular complexity index is 486. The summed E-state index contributed by atoms with van der Waals surface area (Å²) < 4.78 is 27.0. The number of nitrogens with one attached hydrogen (secondary N) is 1. The fourth-order valence-corrected chi connectivity index (χ4v) is 1.81. The summed E-state index contributed by atoms with van der Waals surface area (Å²) in [7, 11) is -3.41. The van der Waals surface area contributed by atoms with Gasteiger partial charge in [-0.05, 0) is 6.07 Å².